The third-order valence-electron chi connectivity index (χ3n) is 3.59. The first-order valence-electron chi connectivity index (χ1n) is 7.34. The molecule has 2 N–H and O–H groups in total. The Bertz CT molecular complexity index is 1290. The lowest BCUT2D eigenvalue weighted by Crippen LogP contribution is -2.16. The van der Waals surface area contributed by atoms with Crippen LogP contribution >= 0.6 is 22.9 Å². The van der Waals surface area contributed by atoms with E-state index in [4.69, 9.17) is 23.2 Å². The van der Waals surface area contributed by atoms with Crippen molar-refractivity contribution in [3.8, 4) is 12.3 Å². The first kappa shape index (κ1) is 19.3. The number of sulfonamides is 1. The molecule has 6 nitrogen and oxygen atoms in total. The average Bonchev–Trinajstić information content (AvgIpc) is 2.91. The van der Waals surface area contributed by atoms with E-state index in [1.807, 2.05) is 0 Å². The number of benzene rings is 2. The highest BCUT2D eigenvalue weighted by Gasteiger charge is 2.14. The van der Waals surface area contributed by atoms with Gasteiger partial charge < -0.3 is 4.57 Å². The van der Waals surface area contributed by atoms with E-state index in [0.717, 1.165) is 23.5 Å². The zero-order chi connectivity index (χ0) is 19.8. The summed E-state index contributed by atoms with van der Waals surface area (Å²) < 4.78 is 38.4. The molecule has 10 heteroatoms. The number of nitrogens with two attached hydrogens (primary N) is 1. The van der Waals surface area contributed by atoms with Crippen molar-refractivity contribution in [3.05, 3.63) is 57.6 Å². The Labute approximate surface area is 162 Å². The second-order valence-corrected chi connectivity index (χ2v) is 8.37. The van der Waals surface area contributed by atoms with Crippen molar-refractivity contribution < 1.29 is 17.6 Å². The number of aromatic nitrogens is 1. The van der Waals surface area contributed by atoms with Gasteiger partial charge in [-0.05, 0) is 36.4 Å². The molecule has 0 aliphatic carbocycles. The molecule has 138 valence electrons. The van der Waals surface area contributed by atoms with Crippen LogP contribution in [0.4, 0.5) is 4.39 Å². The van der Waals surface area contributed by atoms with Crippen LogP contribution in [-0.4, -0.2) is 18.9 Å². The normalized spacial score (nSPS) is 12.3. The number of primary sulfonamides is 1. The Morgan fingerprint density at radius 2 is 2.07 bits per heavy atom. The number of amides is 1. The number of carbonyl (C=O) groups is 1. The molecule has 0 saturated carbocycles. The summed E-state index contributed by atoms with van der Waals surface area (Å²) in [5.41, 5.74) is 0.634. The van der Waals surface area contributed by atoms with Crippen molar-refractivity contribution in [2.24, 2.45) is 10.1 Å². The minimum absolute atomic E-state index is 0.0352. The zero-order valence-corrected chi connectivity index (χ0v) is 15.9. The van der Waals surface area contributed by atoms with E-state index < -0.39 is 21.7 Å². The molecule has 0 bridgehead atoms. The number of terminal acetylenes is 1. The minimum Gasteiger partial charge on any atom is -0.305 e. The van der Waals surface area contributed by atoms with E-state index in [2.05, 4.69) is 10.9 Å². The fraction of sp³-hybridized carbons (Fsp3) is 0.0588. The van der Waals surface area contributed by atoms with Crippen LogP contribution in [0.2, 0.25) is 5.02 Å². The minimum atomic E-state index is -3.88. The van der Waals surface area contributed by atoms with Crippen LogP contribution in [-0.2, 0) is 16.6 Å². The molecule has 0 saturated heterocycles. The molecular formula is C17H11ClFN3O3S2. The Morgan fingerprint density at radius 1 is 1.33 bits per heavy atom. The second kappa shape index (κ2) is 7.25. The molecule has 1 amide bonds. The molecule has 0 fully saturated rings. The highest BCUT2D eigenvalue weighted by atomic mass is 35.5. The molecule has 0 aliphatic rings. The number of hydrogen-bond acceptors (Lipinski definition) is 4. The van der Waals surface area contributed by atoms with Gasteiger partial charge in [-0.2, -0.15) is 4.99 Å². The lowest BCUT2D eigenvalue weighted by Gasteiger charge is -2.02. The highest BCUT2D eigenvalue weighted by Crippen LogP contribution is 2.22. The largest absolute Gasteiger partial charge is 0.305 e. The molecular weight excluding hydrogens is 413 g/mol. The van der Waals surface area contributed by atoms with Gasteiger partial charge in [-0.3, -0.25) is 4.79 Å². The first-order valence-corrected chi connectivity index (χ1v) is 10.1. The smallest absolute Gasteiger partial charge is 0.281 e. The monoisotopic (exact) mass is 423 g/mol. The third kappa shape index (κ3) is 3.94. The van der Waals surface area contributed by atoms with Gasteiger partial charge in [0.2, 0.25) is 10.0 Å². The molecule has 0 unspecified atom stereocenters. The van der Waals surface area contributed by atoms with Crippen molar-refractivity contribution in [2.45, 2.75) is 11.4 Å². The fourth-order valence-electron chi connectivity index (χ4n) is 2.37. The third-order valence-corrected chi connectivity index (χ3v) is 5.86. The van der Waals surface area contributed by atoms with E-state index in [0.29, 0.717) is 10.2 Å². The summed E-state index contributed by atoms with van der Waals surface area (Å²) in [6, 6.07) is 7.63. The summed E-state index contributed by atoms with van der Waals surface area (Å²) in [5, 5.41) is 5.09. The first-order chi connectivity index (χ1) is 12.7. The number of carbonyl (C=O) groups excluding carboxylic acids is 1. The van der Waals surface area contributed by atoms with Gasteiger partial charge in [0.05, 0.1) is 32.2 Å². The van der Waals surface area contributed by atoms with E-state index in [1.54, 1.807) is 4.57 Å². The predicted octanol–water partition coefficient (Wildman–Crippen LogP) is 2.52. The van der Waals surface area contributed by atoms with E-state index in [1.165, 1.54) is 24.3 Å². The number of thiazole rings is 1. The van der Waals surface area contributed by atoms with Crippen LogP contribution in [0.15, 0.2) is 46.3 Å². The summed E-state index contributed by atoms with van der Waals surface area (Å²) in [6.07, 6.45) is 5.39. The molecule has 0 aliphatic heterocycles. The standard InChI is InChI=1S/C17H11ClFN3O3S2/c1-2-7-22-14-6-4-11(27(20,24)25)9-15(14)26-17(22)21-16(23)12-5-3-10(19)8-13(12)18/h1,3-6,8-9H,7H2,(H2,20,24,25). The number of rotatable bonds is 3. The maximum Gasteiger partial charge on any atom is 0.281 e. The summed E-state index contributed by atoms with van der Waals surface area (Å²) in [6.45, 7) is 0.109. The van der Waals surface area contributed by atoms with E-state index in [9.17, 15) is 17.6 Å². The van der Waals surface area contributed by atoms with E-state index >= 15 is 0 Å². The van der Waals surface area contributed by atoms with Gasteiger partial charge in [-0.1, -0.05) is 28.9 Å². The molecule has 0 atom stereocenters. The fourth-order valence-corrected chi connectivity index (χ4v) is 4.30. The van der Waals surface area contributed by atoms with Gasteiger partial charge in [0.25, 0.3) is 5.91 Å². The summed E-state index contributed by atoms with van der Waals surface area (Å²) in [4.78, 5) is 16.7. The van der Waals surface area contributed by atoms with Crippen molar-refractivity contribution in [3.63, 3.8) is 0 Å². The summed E-state index contributed by atoms with van der Waals surface area (Å²) >= 11 is 6.97. The van der Waals surface area contributed by atoms with Crippen molar-refractivity contribution in [2.75, 3.05) is 0 Å². The quantitative estimate of drug-likeness (QED) is 0.656. The van der Waals surface area contributed by atoms with Crippen molar-refractivity contribution in [1.82, 2.24) is 4.57 Å². The SMILES string of the molecule is C#CCn1c(=NC(=O)c2ccc(F)cc2Cl)sc2cc(S(N)(=O)=O)ccc21. The number of hydrogen-bond donors (Lipinski definition) is 1. The van der Waals surface area contributed by atoms with Gasteiger partial charge in [-0.15, -0.1) is 6.42 Å². The van der Waals surface area contributed by atoms with Gasteiger partial charge in [-0.25, -0.2) is 17.9 Å². The molecule has 3 rings (SSSR count). The Kier molecular flexibility index (Phi) is 5.17. The van der Waals surface area contributed by atoms with Crippen molar-refractivity contribution in [1.29, 1.82) is 0 Å². The highest BCUT2D eigenvalue weighted by molar-refractivity contribution is 7.89. The average molecular weight is 424 g/mol. The Morgan fingerprint density at radius 3 is 2.70 bits per heavy atom. The molecule has 1 aromatic heterocycles. The lowest BCUT2D eigenvalue weighted by molar-refractivity contribution is 0.0998. The number of fused-ring (bicyclic) bond motifs is 1. The van der Waals surface area contributed by atoms with Crippen LogP contribution in [0, 0.1) is 18.2 Å². The Hall–Kier alpha value is -2.51. The molecule has 0 radical (unpaired) electrons. The molecule has 2 aromatic carbocycles. The van der Waals surface area contributed by atoms with Gasteiger partial charge in [0, 0.05) is 0 Å². The number of nitrogens with zero attached hydrogens (tertiary/aromatic N) is 2. The van der Waals surface area contributed by atoms with Crippen molar-refractivity contribution >= 4 is 49.1 Å². The molecule has 0 spiro atoms. The Balaban J connectivity index is 2.20. The molecule has 3 aromatic rings. The second-order valence-electron chi connectivity index (χ2n) is 5.39. The topological polar surface area (TPSA) is 94.5 Å². The lowest BCUT2D eigenvalue weighted by atomic mass is 10.2. The van der Waals surface area contributed by atoms with Gasteiger partial charge in [0.1, 0.15) is 5.82 Å². The summed E-state index contributed by atoms with van der Waals surface area (Å²) in [7, 11) is -3.88. The van der Waals surface area contributed by atoms with Crippen LogP contribution < -0.4 is 9.94 Å². The van der Waals surface area contributed by atoms with Crippen LogP contribution in [0.5, 0.6) is 0 Å². The van der Waals surface area contributed by atoms with Gasteiger partial charge >= 0.3 is 0 Å². The maximum absolute atomic E-state index is 13.2. The summed E-state index contributed by atoms with van der Waals surface area (Å²) in [5.74, 6) is 1.21. The van der Waals surface area contributed by atoms with E-state index in [-0.39, 0.29) is 26.8 Å². The van der Waals surface area contributed by atoms with Gasteiger partial charge in [0.15, 0.2) is 4.80 Å². The maximum atomic E-state index is 13.2. The predicted molar refractivity (Wildman–Crippen MR) is 101 cm³/mol. The number of halogens is 2. The zero-order valence-electron chi connectivity index (χ0n) is 13.5. The molecule has 1 heterocycles. The van der Waals surface area contributed by atoms with Crippen LogP contribution in [0.3, 0.4) is 0 Å². The van der Waals surface area contributed by atoms with Crippen LogP contribution in [0.25, 0.3) is 10.2 Å². The molecule has 27 heavy (non-hydrogen) atoms. The van der Waals surface area contributed by atoms with Crippen LogP contribution in [0.1, 0.15) is 10.4 Å².